The number of rotatable bonds is 4. The van der Waals surface area contributed by atoms with Gasteiger partial charge in [-0.05, 0) is 85.9 Å². The molecule has 188 valence electrons. The summed E-state index contributed by atoms with van der Waals surface area (Å²) in [6.45, 7) is 4.78. The fraction of sp³-hybridized carbons (Fsp3) is 0.355. The van der Waals surface area contributed by atoms with Gasteiger partial charge in [0.15, 0.2) is 0 Å². The highest BCUT2D eigenvalue weighted by molar-refractivity contribution is 5.95. The molecule has 0 unspecified atom stereocenters. The summed E-state index contributed by atoms with van der Waals surface area (Å²) < 4.78 is 17.2. The van der Waals surface area contributed by atoms with E-state index in [0.717, 1.165) is 62.1 Å². The Labute approximate surface area is 216 Å². The molecule has 6 heteroatoms. The summed E-state index contributed by atoms with van der Waals surface area (Å²) in [6, 6.07) is 15.9. The first-order chi connectivity index (χ1) is 18.1. The van der Waals surface area contributed by atoms with Crippen LogP contribution in [0.5, 0.6) is 0 Å². The summed E-state index contributed by atoms with van der Waals surface area (Å²) in [5, 5.41) is 0. The van der Waals surface area contributed by atoms with Crippen LogP contribution >= 0.6 is 0 Å². The monoisotopic (exact) mass is 494 g/mol. The Morgan fingerprint density at radius 1 is 0.973 bits per heavy atom. The molecule has 4 aromatic rings. The smallest absolute Gasteiger partial charge is 0.255 e. The van der Waals surface area contributed by atoms with Gasteiger partial charge in [-0.3, -0.25) is 4.79 Å². The highest BCUT2D eigenvalue weighted by atomic mass is 19.1. The summed E-state index contributed by atoms with van der Waals surface area (Å²) in [5.74, 6) is 0.201. The minimum absolute atomic E-state index is 0.0269. The number of fused-ring (bicyclic) bond motifs is 2. The largest absolute Gasteiger partial charge is 0.371 e. The van der Waals surface area contributed by atoms with Crippen LogP contribution in [0.3, 0.4) is 0 Å². The van der Waals surface area contributed by atoms with Crippen LogP contribution in [0.2, 0.25) is 0 Å². The van der Waals surface area contributed by atoms with Crippen molar-refractivity contribution in [3.8, 4) is 11.3 Å². The van der Waals surface area contributed by atoms with Crippen molar-refractivity contribution in [2.75, 3.05) is 24.5 Å². The van der Waals surface area contributed by atoms with Gasteiger partial charge in [-0.15, -0.1) is 0 Å². The topological polar surface area (TPSA) is 40.9 Å². The lowest BCUT2D eigenvalue weighted by Gasteiger charge is -2.35. The fourth-order valence-corrected chi connectivity index (χ4v) is 6.17. The van der Waals surface area contributed by atoms with Gasteiger partial charge in [0.05, 0.1) is 17.3 Å². The van der Waals surface area contributed by atoms with Crippen LogP contribution in [-0.2, 0) is 6.42 Å². The molecule has 2 aromatic heterocycles. The van der Waals surface area contributed by atoms with Gasteiger partial charge in [0.1, 0.15) is 11.5 Å². The van der Waals surface area contributed by atoms with Crippen LogP contribution in [0.4, 0.5) is 10.1 Å². The Bertz CT molecular complexity index is 1520. The van der Waals surface area contributed by atoms with Crippen molar-refractivity contribution in [2.24, 2.45) is 0 Å². The third kappa shape index (κ3) is 3.90. The van der Waals surface area contributed by atoms with Gasteiger partial charge in [-0.2, -0.15) is 0 Å². The predicted octanol–water partition coefficient (Wildman–Crippen LogP) is 6.38. The van der Waals surface area contributed by atoms with Crippen LogP contribution in [0, 0.1) is 5.82 Å². The Kier molecular flexibility index (Phi) is 5.31. The minimum Gasteiger partial charge on any atom is -0.371 e. The van der Waals surface area contributed by atoms with Gasteiger partial charge in [0.2, 0.25) is 0 Å². The number of carbonyl (C=O) groups is 1. The van der Waals surface area contributed by atoms with Crippen LogP contribution in [0.25, 0.3) is 16.9 Å². The highest BCUT2D eigenvalue weighted by Gasteiger charge is 2.32. The number of hydrogen-bond donors (Lipinski definition) is 0. The van der Waals surface area contributed by atoms with E-state index >= 15 is 4.39 Å². The first kappa shape index (κ1) is 22.5. The number of pyridine rings is 1. The van der Waals surface area contributed by atoms with Gasteiger partial charge in [0, 0.05) is 43.3 Å². The zero-order valence-corrected chi connectivity index (χ0v) is 21.2. The molecule has 1 saturated heterocycles. The van der Waals surface area contributed by atoms with Crippen molar-refractivity contribution in [3.63, 3.8) is 0 Å². The van der Waals surface area contributed by atoms with Gasteiger partial charge >= 0.3 is 0 Å². The molecule has 0 spiro atoms. The maximum Gasteiger partial charge on any atom is 0.255 e. The van der Waals surface area contributed by atoms with E-state index in [9.17, 15) is 4.79 Å². The molecular weight excluding hydrogens is 463 g/mol. The molecule has 0 N–H and O–H groups in total. The normalized spacial score (nSPS) is 19.5. The third-order valence-corrected chi connectivity index (χ3v) is 8.40. The molecule has 5 nitrogen and oxygen atoms in total. The van der Waals surface area contributed by atoms with E-state index in [2.05, 4.69) is 30.0 Å². The van der Waals surface area contributed by atoms with E-state index in [0.29, 0.717) is 29.3 Å². The molecule has 2 fully saturated rings. The summed E-state index contributed by atoms with van der Waals surface area (Å²) >= 11 is 0. The van der Waals surface area contributed by atoms with Crippen molar-refractivity contribution >= 4 is 17.2 Å². The number of imidazole rings is 1. The summed E-state index contributed by atoms with van der Waals surface area (Å²) in [7, 11) is 0. The van der Waals surface area contributed by atoms with Crippen LogP contribution < -0.4 is 4.90 Å². The number of aromatic nitrogens is 2. The Hall–Kier alpha value is -3.67. The van der Waals surface area contributed by atoms with E-state index in [1.807, 2.05) is 46.0 Å². The quantitative estimate of drug-likeness (QED) is 0.331. The maximum absolute atomic E-state index is 15.3. The summed E-state index contributed by atoms with van der Waals surface area (Å²) in [6.07, 6.45) is 9.13. The molecule has 3 aliphatic rings. The lowest BCUT2D eigenvalue weighted by Crippen LogP contribution is -2.39. The molecule has 1 saturated carbocycles. The van der Waals surface area contributed by atoms with Crippen molar-refractivity contribution in [2.45, 2.75) is 51.0 Å². The summed E-state index contributed by atoms with van der Waals surface area (Å²) in [5.41, 5.74) is 7.19. The number of carbonyl (C=O) groups excluding carboxylic acids is 1. The first-order valence-corrected chi connectivity index (χ1v) is 13.5. The molecule has 0 radical (unpaired) electrons. The molecule has 4 heterocycles. The average Bonchev–Trinajstić information content (AvgIpc) is 3.43. The molecule has 2 aliphatic heterocycles. The van der Waals surface area contributed by atoms with Crippen molar-refractivity contribution in [1.82, 2.24) is 14.3 Å². The molecule has 37 heavy (non-hydrogen) atoms. The maximum atomic E-state index is 15.3. The van der Waals surface area contributed by atoms with E-state index in [1.54, 1.807) is 6.07 Å². The van der Waals surface area contributed by atoms with Crippen LogP contribution in [0.15, 0.2) is 60.9 Å². The molecule has 1 amide bonds. The van der Waals surface area contributed by atoms with Crippen LogP contribution in [-0.4, -0.2) is 39.8 Å². The second kappa shape index (κ2) is 8.72. The minimum atomic E-state index is -0.252. The Morgan fingerprint density at radius 3 is 2.57 bits per heavy atom. The Morgan fingerprint density at radius 2 is 1.78 bits per heavy atom. The predicted molar refractivity (Wildman–Crippen MR) is 144 cm³/mol. The molecular formula is C31H31FN4O. The van der Waals surface area contributed by atoms with Gasteiger partial charge in [-0.25, -0.2) is 9.37 Å². The van der Waals surface area contributed by atoms with E-state index in [4.69, 9.17) is 4.98 Å². The van der Waals surface area contributed by atoms with Gasteiger partial charge in [-0.1, -0.05) is 24.3 Å². The third-order valence-electron chi connectivity index (χ3n) is 8.40. The second-order valence-corrected chi connectivity index (χ2v) is 10.8. The average molecular weight is 495 g/mol. The van der Waals surface area contributed by atoms with Gasteiger partial charge in [0.25, 0.3) is 5.91 Å². The number of benzene rings is 2. The SMILES string of the molecule is C[C@@H]1c2ccccc2CCN1C(=O)c1cc(C2CC2)c2nc(-c3ccc(N4CCCC4)cc3F)cn2c1. The molecule has 1 aliphatic carbocycles. The molecule has 1 atom stereocenters. The number of halogens is 1. The number of amides is 1. The van der Waals surface area contributed by atoms with Crippen LogP contribution in [0.1, 0.15) is 71.6 Å². The Balaban J connectivity index is 1.25. The summed E-state index contributed by atoms with van der Waals surface area (Å²) in [4.78, 5) is 22.9. The lowest BCUT2D eigenvalue weighted by molar-refractivity contribution is 0.0677. The number of nitrogens with zero attached hydrogens (tertiary/aromatic N) is 4. The standard InChI is InChI=1S/C31H31FN4O/c1-20-25-7-3-2-6-21(25)12-15-36(20)31(37)23-16-27(22-8-9-22)30-33-29(19-35(30)18-23)26-11-10-24(17-28(26)32)34-13-4-5-14-34/h2-3,6-7,10-11,16-20,22H,4-5,8-9,12-15H2,1H3/t20-/m1/s1. The van der Waals surface area contributed by atoms with Crippen molar-refractivity contribution < 1.29 is 9.18 Å². The molecule has 0 bridgehead atoms. The lowest BCUT2D eigenvalue weighted by atomic mass is 9.93. The number of hydrogen-bond acceptors (Lipinski definition) is 3. The second-order valence-electron chi connectivity index (χ2n) is 10.8. The zero-order chi connectivity index (χ0) is 25.1. The van der Waals surface area contributed by atoms with Crippen molar-refractivity contribution in [1.29, 1.82) is 0 Å². The van der Waals surface area contributed by atoms with E-state index in [-0.39, 0.29) is 17.8 Å². The highest BCUT2D eigenvalue weighted by Crippen LogP contribution is 2.43. The van der Waals surface area contributed by atoms with Gasteiger partial charge < -0.3 is 14.2 Å². The van der Waals surface area contributed by atoms with E-state index in [1.165, 1.54) is 11.1 Å². The number of anilines is 1. The van der Waals surface area contributed by atoms with Crippen molar-refractivity contribution in [3.05, 3.63) is 89.0 Å². The molecule has 2 aromatic carbocycles. The zero-order valence-electron chi connectivity index (χ0n) is 21.2. The van der Waals surface area contributed by atoms with E-state index < -0.39 is 0 Å². The first-order valence-electron chi connectivity index (χ1n) is 13.5. The fourth-order valence-electron chi connectivity index (χ4n) is 6.17. The molecule has 7 rings (SSSR count).